The molecule has 0 aliphatic rings. The van der Waals surface area contributed by atoms with Crippen LogP contribution in [0.1, 0.15) is 21.7 Å². The number of halogens is 1. The summed E-state index contributed by atoms with van der Waals surface area (Å²) in [5, 5.41) is 5.43. The Morgan fingerprint density at radius 3 is 2.28 bits per heavy atom. The molecule has 0 aliphatic carbocycles. The highest BCUT2D eigenvalue weighted by Crippen LogP contribution is 2.14. The summed E-state index contributed by atoms with van der Waals surface area (Å²) in [5.41, 5.74) is 2.06. The first-order chi connectivity index (χ1) is 14.1. The van der Waals surface area contributed by atoms with Gasteiger partial charge in [0.15, 0.2) is 10.4 Å². The van der Waals surface area contributed by atoms with Crippen molar-refractivity contribution in [2.24, 2.45) is 0 Å². The van der Waals surface area contributed by atoms with Crippen molar-refractivity contribution in [1.82, 2.24) is 10.6 Å². The maximum absolute atomic E-state index is 12.7. The number of hydrogen-bond donors (Lipinski definition) is 2. The molecule has 1 aromatic heterocycles. The van der Waals surface area contributed by atoms with Gasteiger partial charge in [-0.05, 0) is 45.3 Å². The van der Waals surface area contributed by atoms with E-state index in [1.54, 1.807) is 18.2 Å². The molecule has 1 heterocycles. The van der Waals surface area contributed by atoms with Crippen molar-refractivity contribution >= 4 is 33.8 Å². The first-order valence-electron chi connectivity index (χ1n) is 8.94. The SMILES string of the molecule is O=C(NCc1ccccc1)C(=CC=Cc1ccccc1)NC(=O)c1ccc(Br)o1. The van der Waals surface area contributed by atoms with Crippen LogP contribution in [-0.2, 0) is 11.3 Å². The van der Waals surface area contributed by atoms with Crippen molar-refractivity contribution in [2.45, 2.75) is 6.54 Å². The van der Waals surface area contributed by atoms with E-state index in [0.717, 1.165) is 11.1 Å². The number of furan rings is 1. The molecule has 0 saturated heterocycles. The monoisotopic (exact) mass is 450 g/mol. The van der Waals surface area contributed by atoms with Gasteiger partial charge in [0.25, 0.3) is 11.8 Å². The molecular formula is C23H19BrN2O3. The van der Waals surface area contributed by atoms with E-state index in [9.17, 15) is 9.59 Å². The van der Waals surface area contributed by atoms with Crippen molar-refractivity contribution in [2.75, 3.05) is 0 Å². The molecule has 146 valence electrons. The zero-order chi connectivity index (χ0) is 20.5. The van der Waals surface area contributed by atoms with Crippen molar-refractivity contribution in [3.05, 3.63) is 112 Å². The van der Waals surface area contributed by atoms with Crippen LogP contribution >= 0.6 is 15.9 Å². The number of nitrogens with one attached hydrogen (secondary N) is 2. The van der Waals surface area contributed by atoms with Crippen LogP contribution in [0.3, 0.4) is 0 Å². The van der Waals surface area contributed by atoms with E-state index in [-0.39, 0.29) is 11.5 Å². The van der Waals surface area contributed by atoms with Crippen molar-refractivity contribution in [3.8, 4) is 0 Å². The third-order valence-corrected chi connectivity index (χ3v) is 4.36. The first-order valence-corrected chi connectivity index (χ1v) is 9.73. The van der Waals surface area contributed by atoms with Crippen LogP contribution in [0.2, 0.25) is 0 Å². The normalized spacial score (nSPS) is 11.4. The number of hydrogen-bond acceptors (Lipinski definition) is 3. The maximum Gasteiger partial charge on any atom is 0.291 e. The van der Waals surface area contributed by atoms with E-state index >= 15 is 0 Å². The van der Waals surface area contributed by atoms with Crippen LogP contribution in [0.15, 0.2) is 99.7 Å². The lowest BCUT2D eigenvalue weighted by atomic mass is 10.2. The minimum absolute atomic E-state index is 0.102. The molecule has 29 heavy (non-hydrogen) atoms. The van der Waals surface area contributed by atoms with Crippen LogP contribution in [0.25, 0.3) is 6.08 Å². The second kappa shape index (κ2) is 10.2. The zero-order valence-corrected chi connectivity index (χ0v) is 17.1. The number of allylic oxidation sites excluding steroid dienone is 2. The molecule has 0 atom stereocenters. The summed E-state index contributed by atoms with van der Waals surface area (Å²) in [5.74, 6) is -0.805. The average Bonchev–Trinajstić information content (AvgIpc) is 3.19. The fraction of sp³-hybridized carbons (Fsp3) is 0.0435. The molecule has 0 aliphatic heterocycles. The predicted molar refractivity (Wildman–Crippen MR) is 116 cm³/mol. The van der Waals surface area contributed by atoms with E-state index in [1.165, 1.54) is 6.07 Å². The Balaban J connectivity index is 1.74. The van der Waals surface area contributed by atoms with Gasteiger partial charge in [-0.15, -0.1) is 0 Å². The topological polar surface area (TPSA) is 71.3 Å². The van der Waals surface area contributed by atoms with Gasteiger partial charge in [0, 0.05) is 6.54 Å². The molecule has 5 nitrogen and oxygen atoms in total. The third kappa shape index (κ3) is 6.33. The Bertz CT molecular complexity index is 1020. The van der Waals surface area contributed by atoms with Gasteiger partial charge in [-0.1, -0.05) is 72.8 Å². The Morgan fingerprint density at radius 1 is 0.931 bits per heavy atom. The van der Waals surface area contributed by atoms with Crippen LogP contribution in [0.5, 0.6) is 0 Å². The minimum Gasteiger partial charge on any atom is -0.444 e. The summed E-state index contributed by atoms with van der Waals surface area (Å²) in [7, 11) is 0. The van der Waals surface area contributed by atoms with Crippen LogP contribution in [-0.4, -0.2) is 11.8 Å². The Kier molecular flexibility index (Phi) is 7.19. The fourth-order valence-corrected chi connectivity index (χ4v) is 2.79. The molecule has 2 amide bonds. The smallest absolute Gasteiger partial charge is 0.291 e. The van der Waals surface area contributed by atoms with E-state index in [1.807, 2.05) is 66.7 Å². The molecule has 2 N–H and O–H groups in total. The third-order valence-electron chi connectivity index (χ3n) is 3.94. The predicted octanol–water partition coefficient (Wildman–Crippen LogP) is 4.69. The highest BCUT2D eigenvalue weighted by Gasteiger charge is 2.16. The fourth-order valence-electron chi connectivity index (χ4n) is 2.49. The number of amides is 2. The van der Waals surface area contributed by atoms with E-state index in [2.05, 4.69) is 26.6 Å². The van der Waals surface area contributed by atoms with Crippen LogP contribution < -0.4 is 10.6 Å². The number of rotatable bonds is 7. The van der Waals surface area contributed by atoms with Gasteiger partial charge in [0.05, 0.1) is 0 Å². The van der Waals surface area contributed by atoms with Crippen LogP contribution in [0, 0.1) is 0 Å². The number of benzene rings is 2. The number of carbonyl (C=O) groups is 2. The minimum atomic E-state index is -0.509. The van der Waals surface area contributed by atoms with Crippen LogP contribution in [0.4, 0.5) is 0 Å². The molecular weight excluding hydrogens is 432 g/mol. The van der Waals surface area contributed by atoms with Gasteiger partial charge in [0.1, 0.15) is 5.70 Å². The van der Waals surface area contributed by atoms with E-state index < -0.39 is 11.8 Å². The molecule has 3 aromatic rings. The first kappa shape index (κ1) is 20.4. The molecule has 0 fully saturated rings. The van der Waals surface area contributed by atoms with Gasteiger partial charge in [-0.2, -0.15) is 0 Å². The lowest BCUT2D eigenvalue weighted by Gasteiger charge is -2.09. The van der Waals surface area contributed by atoms with Gasteiger partial charge in [0.2, 0.25) is 0 Å². The van der Waals surface area contributed by atoms with E-state index in [4.69, 9.17) is 4.42 Å². The lowest BCUT2D eigenvalue weighted by molar-refractivity contribution is -0.118. The van der Waals surface area contributed by atoms with Gasteiger partial charge >= 0.3 is 0 Å². The molecule has 0 radical (unpaired) electrons. The van der Waals surface area contributed by atoms with E-state index in [0.29, 0.717) is 11.2 Å². The Morgan fingerprint density at radius 2 is 1.62 bits per heavy atom. The molecule has 3 rings (SSSR count). The summed E-state index contributed by atoms with van der Waals surface area (Å²) in [6.07, 6.45) is 5.12. The lowest BCUT2D eigenvalue weighted by Crippen LogP contribution is -2.34. The van der Waals surface area contributed by atoms with Crippen molar-refractivity contribution in [3.63, 3.8) is 0 Å². The Hall–Kier alpha value is -3.38. The largest absolute Gasteiger partial charge is 0.444 e. The molecule has 0 bridgehead atoms. The van der Waals surface area contributed by atoms with Gasteiger partial charge in [-0.25, -0.2) is 0 Å². The standard InChI is InChI=1S/C23H19BrN2O3/c24-21-15-14-20(29-21)23(28)26-19(13-7-12-17-8-3-1-4-9-17)22(27)25-16-18-10-5-2-6-11-18/h1-15H,16H2,(H,25,27)(H,26,28). The molecule has 6 heteroatoms. The summed E-state index contributed by atoms with van der Waals surface area (Å²) in [4.78, 5) is 25.1. The molecule has 0 unspecified atom stereocenters. The summed E-state index contributed by atoms with van der Waals surface area (Å²) < 4.78 is 5.69. The number of carbonyl (C=O) groups excluding carboxylic acids is 2. The highest BCUT2D eigenvalue weighted by molar-refractivity contribution is 9.10. The maximum atomic E-state index is 12.7. The summed E-state index contributed by atoms with van der Waals surface area (Å²) in [6.45, 7) is 0.349. The summed E-state index contributed by atoms with van der Waals surface area (Å²) >= 11 is 3.16. The van der Waals surface area contributed by atoms with Gasteiger partial charge < -0.3 is 15.1 Å². The molecule has 2 aromatic carbocycles. The van der Waals surface area contributed by atoms with Crippen molar-refractivity contribution in [1.29, 1.82) is 0 Å². The molecule has 0 saturated carbocycles. The second-order valence-electron chi connectivity index (χ2n) is 6.08. The second-order valence-corrected chi connectivity index (χ2v) is 6.86. The van der Waals surface area contributed by atoms with Gasteiger partial charge in [-0.3, -0.25) is 9.59 Å². The average molecular weight is 451 g/mol. The van der Waals surface area contributed by atoms with Crippen molar-refractivity contribution < 1.29 is 14.0 Å². The molecule has 0 spiro atoms. The Labute approximate surface area is 177 Å². The highest BCUT2D eigenvalue weighted by atomic mass is 79.9. The summed E-state index contributed by atoms with van der Waals surface area (Å²) in [6, 6.07) is 22.3. The quantitative estimate of drug-likeness (QED) is 0.405. The zero-order valence-electron chi connectivity index (χ0n) is 15.5.